The number of anilines is 1. The molecule has 0 atom stereocenters. The van der Waals surface area contributed by atoms with Gasteiger partial charge in [0.05, 0.1) is 10.0 Å². The molecular weight excluding hydrogens is 261 g/mol. The van der Waals surface area contributed by atoms with Crippen molar-refractivity contribution in [2.24, 2.45) is 0 Å². The highest BCUT2D eigenvalue weighted by molar-refractivity contribution is 6.36. The topological polar surface area (TPSA) is 55.6 Å². The molecule has 0 radical (unpaired) electrons. The minimum Gasteiger partial charge on any atom is -0.369 e. The first-order valence-corrected chi connectivity index (χ1v) is 5.93. The molecule has 0 amide bonds. The van der Waals surface area contributed by atoms with Crippen LogP contribution in [0.4, 0.5) is 5.82 Å². The molecule has 0 saturated carbocycles. The number of nitrogens with zero attached hydrogens (tertiary/aromatic N) is 4. The van der Waals surface area contributed by atoms with Crippen LogP contribution in [-0.4, -0.2) is 26.3 Å². The second kappa shape index (κ2) is 5.33. The van der Waals surface area contributed by atoms with E-state index in [4.69, 9.17) is 23.2 Å². The van der Waals surface area contributed by atoms with Crippen molar-refractivity contribution in [1.82, 2.24) is 19.7 Å². The third-order valence-corrected chi connectivity index (χ3v) is 2.66. The predicted octanol–water partition coefficient (Wildman–Crippen LogP) is 2.79. The number of halogens is 2. The first-order valence-electron chi connectivity index (χ1n) is 5.17. The van der Waals surface area contributed by atoms with Crippen molar-refractivity contribution >= 4 is 29.0 Å². The van der Waals surface area contributed by atoms with Gasteiger partial charge in [-0.15, -0.1) is 0 Å². The van der Waals surface area contributed by atoms with Crippen LogP contribution in [0.2, 0.25) is 10.0 Å². The number of aromatic nitrogens is 4. The van der Waals surface area contributed by atoms with Gasteiger partial charge in [-0.1, -0.05) is 30.1 Å². The van der Waals surface area contributed by atoms with Crippen LogP contribution in [0.3, 0.4) is 0 Å². The molecule has 5 nitrogen and oxygen atoms in total. The molecule has 0 bridgehead atoms. The van der Waals surface area contributed by atoms with Gasteiger partial charge in [0, 0.05) is 6.54 Å². The first-order chi connectivity index (χ1) is 8.22. The van der Waals surface area contributed by atoms with E-state index >= 15 is 0 Å². The van der Waals surface area contributed by atoms with Crippen molar-refractivity contribution in [3.63, 3.8) is 0 Å². The van der Waals surface area contributed by atoms with E-state index in [-0.39, 0.29) is 0 Å². The molecule has 7 heteroatoms. The third kappa shape index (κ3) is 2.68. The Labute approximate surface area is 109 Å². The van der Waals surface area contributed by atoms with Gasteiger partial charge in [-0.05, 0) is 12.5 Å². The fourth-order valence-electron chi connectivity index (χ4n) is 1.30. The van der Waals surface area contributed by atoms with Crippen LogP contribution >= 0.6 is 23.2 Å². The van der Waals surface area contributed by atoms with Crippen LogP contribution in [0, 0.1) is 0 Å². The van der Waals surface area contributed by atoms with Crippen molar-refractivity contribution < 1.29 is 0 Å². The van der Waals surface area contributed by atoms with Crippen molar-refractivity contribution in [2.75, 3.05) is 11.9 Å². The predicted molar refractivity (Wildman–Crippen MR) is 68.0 cm³/mol. The number of hydrogen-bond acceptors (Lipinski definition) is 4. The maximum Gasteiger partial charge on any atom is 0.176 e. The van der Waals surface area contributed by atoms with Crippen molar-refractivity contribution in [3.05, 3.63) is 28.8 Å². The van der Waals surface area contributed by atoms with Crippen LogP contribution in [0.5, 0.6) is 0 Å². The monoisotopic (exact) mass is 271 g/mol. The molecule has 0 saturated heterocycles. The highest BCUT2D eigenvalue weighted by Crippen LogP contribution is 2.27. The lowest BCUT2D eigenvalue weighted by Gasteiger charge is -2.09. The van der Waals surface area contributed by atoms with Crippen LogP contribution in [-0.2, 0) is 0 Å². The number of hydrogen-bond donors (Lipinski definition) is 1. The first kappa shape index (κ1) is 12.1. The van der Waals surface area contributed by atoms with E-state index in [0.29, 0.717) is 21.7 Å². The summed E-state index contributed by atoms with van der Waals surface area (Å²) in [4.78, 5) is 8.19. The van der Waals surface area contributed by atoms with E-state index in [0.717, 1.165) is 13.0 Å². The summed E-state index contributed by atoms with van der Waals surface area (Å²) < 4.78 is 1.50. The van der Waals surface area contributed by atoms with Gasteiger partial charge in [0.2, 0.25) is 0 Å². The maximum atomic E-state index is 6.06. The Balaban J connectivity index is 2.39. The maximum absolute atomic E-state index is 6.06. The molecule has 0 aliphatic heterocycles. The van der Waals surface area contributed by atoms with Crippen molar-refractivity contribution in [3.8, 4) is 5.82 Å². The molecule has 0 spiro atoms. The Morgan fingerprint density at radius 1 is 1.35 bits per heavy atom. The fourth-order valence-corrected chi connectivity index (χ4v) is 1.81. The summed E-state index contributed by atoms with van der Waals surface area (Å²) in [7, 11) is 0. The highest BCUT2D eigenvalue weighted by atomic mass is 35.5. The lowest BCUT2D eigenvalue weighted by Crippen LogP contribution is -2.06. The van der Waals surface area contributed by atoms with E-state index in [1.54, 1.807) is 6.07 Å². The van der Waals surface area contributed by atoms with Gasteiger partial charge >= 0.3 is 0 Å². The smallest absolute Gasteiger partial charge is 0.176 e. The molecule has 0 unspecified atom stereocenters. The van der Waals surface area contributed by atoms with Gasteiger partial charge < -0.3 is 5.32 Å². The van der Waals surface area contributed by atoms with Gasteiger partial charge in [-0.2, -0.15) is 5.10 Å². The zero-order valence-electron chi connectivity index (χ0n) is 9.19. The fraction of sp³-hybridized carbons (Fsp3) is 0.300. The summed E-state index contributed by atoms with van der Waals surface area (Å²) in [6.45, 7) is 2.86. The molecule has 90 valence electrons. The average Bonchev–Trinajstić information content (AvgIpc) is 2.81. The van der Waals surface area contributed by atoms with Crippen LogP contribution in [0.1, 0.15) is 13.3 Å². The second-order valence-corrected chi connectivity index (χ2v) is 4.21. The Morgan fingerprint density at radius 2 is 2.18 bits per heavy atom. The lowest BCUT2D eigenvalue weighted by atomic mass is 10.4. The third-order valence-electron chi connectivity index (χ3n) is 2.09. The second-order valence-electron chi connectivity index (χ2n) is 3.39. The van der Waals surface area contributed by atoms with Crippen molar-refractivity contribution in [2.45, 2.75) is 13.3 Å². The quantitative estimate of drug-likeness (QED) is 0.929. The van der Waals surface area contributed by atoms with E-state index in [2.05, 4.69) is 27.3 Å². The van der Waals surface area contributed by atoms with Crippen LogP contribution in [0.15, 0.2) is 18.7 Å². The molecule has 17 heavy (non-hydrogen) atoms. The number of nitrogens with one attached hydrogen (secondary N) is 1. The molecule has 1 N–H and O–H groups in total. The minimum absolute atomic E-state index is 0.433. The summed E-state index contributed by atoms with van der Waals surface area (Å²) in [5.74, 6) is 1.11. The van der Waals surface area contributed by atoms with E-state index in [9.17, 15) is 0 Å². The summed E-state index contributed by atoms with van der Waals surface area (Å²) >= 11 is 12.1. The molecule has 0 aliphatic rings. The zero-order valence-corrected chi connectivity index (χ0v) is 10.7. The SMILES string of the molecule is CCCNc1nc(-n2cncn2)c(Cl)cc1Cl. The van der Waals surface area contributed by atoms with E-state index in [1.807, 2.05) is 0 Å². The molecular formula is C10H11Cl2N5. The minimum atomic E-state index is 0.433. The van der Waals surface area contributed by atoms with E-state index < -0.39 is 0 Å². The highest BCUT2D eigenvalue weighted by Gasteiger charge is 2.10. The molecule has 2 rings (SSSR count). The molecule has 0 fully saturated rings. The Morgan fingerprint density at radius 3 is 2.82 bits per heavy atom. The number of pyridine rings is 1. The van der Waals surface area contributed by atoms with Gasteiger partial charge in [-0.25, -0.2) is 14.6 Å². The van der Waals surface area contributed by atoms with Crippen LogP contribution < -0.4 is 5.32 Å². The largest absolute Gasteiger partial charge is 0.369 e. The molecule has 2 aromatic rings. The number of rotatable bonds is 4. The lowest BCUT2D eigenvalue weighted by molar-refractivity contribution is 0.844. The Kier molecular flexibility index (Phi) is 3.81. The van der Waals surface area contributed by atoms with Crippen LogP contribution in [0.25, 0.3) is 5.82 Å². The summed E-state index contributed by atoms with van der Waals surface area (Å²) in [6, 6.07) is 1.64. The Bertz CT molecular complexity index is 498. The van der Waals surface area contributed by atoms with E-state index in [1.165, 1.54) is 17.3 Å². The van der Waals surface area contributed by atoms with Gasteiger partial charge in [-0.3, -0.25) is 0 Å². The molecule has 0 aliphatic carbocycles. The molecule has 0 aromatic carbocycles. The summed E-state index contributed by atoms with van der Waals surface area (Å²) in [6.07, 6.45) is 3.94. The average molecular weight is 272 g/mol. The zero-order chi connectivity index (χ0) is 12.3. The van der Waals surface area contributed by atoms with Gasteiger partial charge in [0.25, 0.3) is 0 Å². The van der Waals surface area contributed by atoms with Gasteiger partial charge in [0.15, 0.2) is 5.82 Å². The van der Waals surface area contributed by atoms with Gasteiger partial charge in [0.1, 0.15) is 18.5 Å². The summed E-state index contributed by atoms with van der Waals surface area (Å²) in [5.41, 5.74) is 0. The normalized spacial score (nSPS) is 10.5. The molecule has 2 heterocycles. The Hall–Kier alpha value is -1.33. The van der Waals surface area contributed by atoms with Crippen molar-refractivity contribution in [1.29, 1.82) is 0 Å². The summed E-state index contributed by atoms with van der Waals surface area (Å²) in [5, 5.41) is 8.04. The standard InChI is InChI=1S/C10H11Cl2N5/c1-2-3-14-9-7(11)4-8(12)10(16-9)17-6-13-5-15-17/h4-6H,2-3H2,1H3,(H,14,16). The molecule has 2 aromatic heterocycles.